The van der Waals surface area contributed by atoms with E-state index in [9.17, 15) is 14.4 Å². The lowest BCUT2D eigenvalue weighted by molar-refractivity contribution is -0.156. The maximum absolute atomic E-state index is 11.8. The average Bonchev–Trinajstić information content (AvgIpc) is 2.23. The van der Waals surface area contributed by atoms with E-state index in [1.165, 1.54) is 14.0 Å². The van der Waals surface area contributed by atoms with Crippen LogP contribution in [0.25, 0.3) is 0 Å². The van der Waals surface area contributed by atoms with Gasteiger partial charge in [0.15, 0.2) is 6.61 Å². The normalized spacial score (nSPS) is 10.8. The smallest absolute Gasteiger partial charge is 0.303 e. The molecule has 16 heavy (non-hydrogen) atoms. The van der Waals surface area contributed by atoms with E-state index in [0.717, 1.165) is 4.90 Å². The summed E-state index contributed by atoms with van der Waals surface area (Å²) in [5.41, 5.74) is -0.583. The summed E-state index contributed by atoms with van der Waals surface area (Å²) in [6.45, 7) is 6.24. The number of hydrogen-bond acceptors (Lipinski definition) is 4. The predicted octanol–water partition coefficient (Wildman–Crippen LogP) is 0.971. The summed E-state index contributed by atoms with van der Waals surface area (Å²) in [7, 11) is 1.39. The van der Waals surface area contributed by atoms with Gasteiger partial charge in [0.25, 0.3) is 5.91 Å². The Morgan fingerprint density at radius 2 is 1.75 bits per heavy atom. The molecule has 0 aromatic heterocycles. The van der Waals surface area contributed by atoms with Crippen LogP contribution < -0.4 is 0 Å². The SMILES string of the molecule is CCC(C)(C)C(=O)N(C)C(=O)COC(C)=O. The Kier molecular flexibility index (Phi) is 5.14. The second kappa shape index (κ2) is 5.63. The first kappa shape index (κ1) is 14.6. The fraction of sp³-hybridized carbons (Fsp3) is 0.727. The van der Waals surface area contributed by atoms with E-state index in [2.05, 4.69) is 4.74 Å². The molecule has 0 heterocycles. The average molecular weight is 229 g/mol. The van der Waals surface area contributed by atoms with Gasteiger partial charge in [-0.3, -0.25) is 19.3 Å². The van der Waals surface area contributed by atoms with Crippen LogP contribution in [0.3, 0.4) is 0 Å². The lowest BCUT2D eigenvalue weighted by atomic mass is 9.88. The van der Waals surface area contributed by atoms with Crippen molar-refractivity contribution in [1.29, 1.82) is 0 Å². The van der Waals surface area contributed by atoms with E-state index in [1.54, 1.807) is 13.8 Å². The summed E-state index contributed by atoms with van der Waals surface area (Å²) in [5.74, 6) is -1.32. The molecule has 0 saturated carbocycles. The van der Waals surface area contributed by atoms with Gasteiger partial charge in [0.2, 0.25) is 5.91 Å². The summed E-state index contributed by atoms with van der Waals surface area (Å²) in [6, 6.07) is 0. The second-order valence-electron chi connectivity index (χ2n) is 4.28. The molecule has 5 nitrogen and oxygen atoms in total. The Bertz CT molecular complexity index is 296. The first-order chi connectivity index (χ1) is 7.22. The highest BCUT2D eigenvalue weighted by atomic mass is 16.5. The number of esters is 1. The number of hydrogen-bond donors (Lipinski definition) is 0. The minimum Gasteiger partial charge on any atom is -0.456 e. The van der Waals surface area contributed by atoms with Crippen molar-refractivity contribution in [1.82, 2.24) is 4.90 Å². The van der Waals surface area contributed by atoms with Gasteiger partial charge < -0.3 is 4.74 Å². The third-order valence-corrected chi connectivity index (χ3v) is 2.54. The molecular weight excluding hydrogens is 210 g/mol. The number of amides is 2. The predicted molar refractivity (Wildman–Crippen MR) is 58.5 cm³/mol. The highest BCUT2D eigenvalue weighted by Gasteiger charge is 2.31. The van der Waals surface area contributed by atoms with Crippen molar-refractivity contribution in [2.75, 3.05) is 13.7 Å². The molecule has 0 rings (SSSR count). The van der Waals surface area contributed by atoms with Gasteiger partial charge in [-0.05, 0) is 6.42 Å². The van der Waals surface area contributed by atoms with Crippen LogP contribution in [0, 0.1) is 5.41 Å². The summed E-state index contributed by atoms with van der Waals surface area (Å²) in [6.07, 6.45) is 0.636. The fourth-order valence-electron chi connectivity index (χ4n) is 0.979. The van der Waals surface area contributed by atoms with Crippen LogP contribution in [-0.4, -0.2) is 36.3 Å². The monoisotopic (exact) mass is 229 g/mol. The highest BCUT2D eigenvalue weighted by Crippen LogP contribution is 2.22. The summed E-state index contributed by atoms with van der Waals surface area (Å²) in [5, 5.41) is 0. The number of carbonyl (C=O) groups excluding carboxylic acids is 3. The summed E-state index contributed by atoms with van der Waals surface area (Å²) >= 11 is 0. The molecule has 0 bridgehead atoms. The topological polar surface area (TPSA) is 63.7 Å². The molecule has 5 heteroatoms. The summed E-state index contributed by atoms with van der Waals surface area (Å²) in [4.78, 5) is 34.8. The van der Waals surface area contributed by atoms with Crippen molar-refractivity contribution in [3.8, 4) is 0 Å². The Labute approximate surface area is 95.7 Å². The largest absolute Gasteiger partial charge is 0.456 e. The number of carbonyl (C=O) groups is 3. The zero-order valence-corrected chi connectivity index (χ0v) is 10.5. The van der Waals surface area contributed by atoms with Crippen LogP contribution in [0.1, 0.15) is 34.1 Å². The van der Waals surface area contributed by atoms with E-state index in [-0.39, 0.29) is 5.91 Å². The molecule has 0 spiro atoms. The highest BCUT2D eigenvalue weighted by molar-refractivity contribution is 5.98. The molecule has 0 aromatic carbocycles. The standard InChI is InChI=1S/C11H19NO4/c1-6-11(3,4)10(15)12(5)9(14)7-16-8(2)13/h6-7H2,1-5H3. The molecule has 0 fully saturated rings. The molecule has 0 saturated heterocycles. The molecule has 0 aliphatic carbocycles. The van der Waals surface area contributed by atoms with Gasteiger partial charge in [-0.25, -0.2) is 0 Å². The molecule has 0 atom stereocenters. The fourth-order valence-corrected chi connectivity index (χ4v) is 0.979. The van der Waals surface area contributed by atoms with Crippen molar-refractivity contribution in [3.05, 3.63) is 0 Å². The Balaban J connectivity index is 4.44. The van der Waals surface area contributed by atoms with Crippen molar-refractivity contribution in [2.45, 2.75) is 34.1 Å². The van der Waals surface area contributed by atoms with Gasteiger partial charge in [0.05, 0.1) is 0 Å². The van der Waals surface area contributed by atoms with Gasteiger partial charge in [0.1, 0.15) is 0 Å². The Morgan fingerprint density at radius 1 is 1.25 bits per heavy atom. The van der Waals surface area contributed by atoms with Crippen LogP contribution in [0.15, 0.2) is 0 Å². The summed E-state index contributed by atoms with van der Waals surface area (Å²) < 4.78 is 4.54. The van der Waals surface area contributed by atoms with Crippen LogP contribution in [0.5, 0.6) is 0 Å². The van der Waals surface area contributed by atoms with Crippen LogP contribution in [0.4, 0.5) is 0 Å². The first-order valence-corrected chi connectivity index (χ1v) is 5.16. The molecule has 2 amide bonds. The van der Waals surface area contributed by atoms with Gasteiger partial charge in [-0.2, -0.15) is 0 Å². The molecule has 0 aliphatic rings. The van der Waals surface area contributed by atoms with Crippen molar-refractivity contribution in [2.24, 2.45) is 5.41 Å². The quantitative estimate of drug-likeness (QED) is 0.674. The molecule has 0 aromatic rings. The van der Waals surface area contributed by atoms with E-state index < -0.39 is 23.9 Å². The number of imide groups is 1. The molecule has 0 N–H and O–H groups in total. The minimum absolute atomic E-state index is 0.271. The lowest BCUT2D eigenvalue weighted by Gasteiger charge is -2.26. The van der Waals surface area contributed by atoms with Crippen molar-refractivity contribution in [3.63, 3.8) is 0 Å². The third-order valence-electron chi connectivity index (χ3n) is 2.54. The van der Waals surface area contributed by atoms with Crippen molar-refractivity contribution < 1.29 is 19.1 Å². The van der Waals surface area contributed by atoms with Crippen LogP contribution in [0.2, 0.25) is 0 Å². The molecule has 0 unspecified atom stereocenters. The van der Waals surface area contributed by atoms with E-state index in [0.29, 0.717) is 6.42 Å². The van der Waals surface area contributed by atoms with Gasteiger partial charge in [-0.15, -0.1) is 0 Å². The number of ether oxygens (including phenoxy) is 1. The Hall–Kier alpha value is -1.39. The maximum atomic E-state index is 11.8. The van der Waals surface area contributed by atoms with E-state index >= 15 is 0 Å². The van der Waals surface area contributed by atoms with Gasteiger partial charge in [-0.1, -0.05) is 20.8 Å². The number of likely N-dealkylation sites (N-methyl/N-ethyl adjacent to an activating group) is 1. The van der Waals surface area contributed by atoms with E-state index in [4.69, 9.17) is 0 Å². The van der Waals surface area contributed by atoms with E-state index in [1.807, 2.05) is 6.92 Å². The van der Waals surface area contributed by atoms with Crippen LogP contribution in [-0.2, 0) is 19.1 Å². The van der Waals surface area contributed by atoms with Gasteiger partial charge >= 0.3 is 5.97 Å². The maximum Gasteiger partial charge on any atom is 0.303 e. The molecular formula is C11H19NO4. The lowest BCUT2D eigenvalue weighted by Crippen LogP contribution is -2.43. The van der Waals surface area contributed by atoms with Crippen LogP contribution >= 0.6 is 0 Å². The number of rotatable bonds is 4. The minimum atomic E-state index is -0.583. The Morgan fingerprint density at radius 3 is 2.12 bits per heavy atom. The first-order valence-electron chi connectivity index (χ1n) is 5.16. The van der Waals surface area contributed by atoms with Gasteiger partial charge in [0, 0.05) is 19.4 Å². The third kappa shape index (κ3) is 4.00. The zero-order chi connectivity index (χ0) is 12.9. The molecule has 0 radical (unpaired) electrons. The molecule has 92 valence electrons. The molecule has 0 aliphatic heterocycles. The zero-order valence-electron chi connectivity index (χ0n) is 10.5. The second-order valence-corrected chi connectivity index (χ2v) is 4.28. The number of nitrogens with zero attached hydrogens (tertiary/aromatic N) is 1. The van der Waals surface area contributed by atoms with Crippen molar-refractivity contribution >= 4 is 17.8 Å².